The van der Waals surface area contributed by atoms with Crippen molar-refractivity contribution in [3.05, 3.63) is 46.3 Å². The van der Waals surface area contributed by atoms with Crippen molar-refractivity contribution in [3.63, 3.8) is 0 Å². The van der Waals surface area contributed by atoms with Crippen LogP contribution in [0.2, 0.25) is 0 Å². The summed E-state index contributed by atoms with van der Waals surface area (Å²) in [5.41, 5.74) is -0.495. The molecule has 0 aliphatic rings. The largest absolute Gasteiger partial charge is 0.481 e. The van der Waals surface area contributed by atoms with Crippen LogP contribution in [0.5, 0.6) is 0 Å². The first-order valence-electron chi connectivity index (χ1n) is 6.46. The van der Waals surface area contributed by atoms with Crippen LogP contribution >= 0.6 is 0 Å². The third-order valence-corrected chi connectivity index (χ3v) is 3.38. The predicted octanol–water partition coefficient (Wildman–Crippen LogP) is 1.63. The molecule has 0 spiro atoms. The van der Waals surface area contributed by atoms with E-state index in [2.05, 4.69) is 5.32 Å². The molecule has 0 saturated heterocycles. The van der Waals surface area contributed by atoms with Crippen molar-refractivity contribution in [3.8, 4) is 0 Å². The summed E-state index contributed by atoms with van der Waals surface area (Å²) in [6.07, 6.45) is 0. The molecule has 0 aliphatic carbocycles. The number of hydrogen-bond donors (Lipinski definition) is 2. The molecule has 1 aromatic heterocycles. The van der Waals surface area contributed by atoms with Crippen LogP contribution in [-0.4, -0.2) is 23.0 Å². The lowest BCUT2D eigenvalue weighted by molar-refractivity contribution is -0.141. The fourth-order valence-corrected chi connectivity index (χ4v) is 1.84. The molecule has 6 heteroatoms. The lowest BCUT2D eigenvalue weighted by Gasteiger charge is -2.17. The smallest absolute Gasteiger partial charge is 0.349 e. The number of carbonyl (C=O) groups is 2. The van der Waals surface area contributed by atoms with Gasteiger partial charge in [-0.2, -0.15) is 0 Å². The van der Waals surface area contributed by atoms with E-state index in [0.29, 0.717) is 11.0 Å². The number of amides is 1. The second-order valence-corrected chi connectivity index (χ2v) is 4.87. The number of para-hydroxylation sites is 1. The lowest BCUT2D eigenvalue weighted by Crippen LogP contribution is -2.41. The van der Waals surface area contributed by atoms with Gasteiger partial charge in [0.15, 0.2) is 0 Å². The molecular formula is C15H15NO5. The highest BCUT2D eigenvalue weighted by Crippen LogP contribution is 2.13. The summed E-state index contributed by atoms with van der Waals surface area (Å²) in [6.45, 7) is 3.05. The third kappa shape index (κ3) is 3.10. The van der Waals surface area contributed by atoms with Crippen molar-refractivity contribution < 1.29 is 19.1 Å². The molecule has 0 bridgehead atoms. The van der Waals surface area contributed by atoms with Gasteiger partial charge in [-0.25, -0.2) is 4.79 Å². The van der Waals surface area contributed by atoms with Crippen molar-refractivity contribution in [2.45, 2.75) is 19.9 Å². The number of hydrogen-bond acceptors (Lipinski definition) is 4. The van der Waals surface area contributed by atoms with Crippen LogP contribution < -0.4 is 10.9 Å². The highest BCUT2D eigenvalue weighted by molar-refractivity contribution is 5.97. The molecule has 21 heavy (non-hydrogen) atoms. The Morgan fingerprint density at radius 1 is 1.24 bits per heavy atom. The van der Waals surface area contributed by atoms with Gasteiger partial charge in [0.05, 0.1) is 5.92 Å². The maximum absolute atomic E-state index is 12.1. The third-order valence-electron chi connectivity index (χ3n) is 3.38. The second kappa shape index (κ2) is 5.78. The molecular weight excluding hydrogens is 274 g/mol. The summed E-state index contributed by atoms with van der Waals surface area (Å²) in [5, 5.41) is 12.0. The lowest BCUT2D eigenvalue weighted by atomic mass is 10.0. The molecule has 0 fully saturated rings. The van der Waals surface area contributed by atoms with Gasteiger partial charge in [-0.15, -0.1) is 0 Å². The summed E-state index contributed by atoms with van der Waals surface area (Å²) in [5.74, 6) is -2.43. The van der Waals surface area contributed by atoms with Crippen molar-refractivity contribution in [2.75, 3.05) is 0 Å². The molecule has 1 heterocycles. The number of carboxylic acid groups (broad SMARTS) is 1. The van der Waals surface area contributed by atoms with E-state index in [9.17, 15) is 14.4 Å². The van der Waals surface area contributed by atoms with E-state index < -0.39 is 29.5 Å². The maximum atomic E-state index is 12.1. The molecule has 2 N–H and O–H groups in total. The fourth-order valence-electron chi connectivity index (χ4n) is 1.84. The minimum absolute atomic E-state index is 0.141. The van der Waals surface area contributed by atoms with Gasteiger partial charge < -0.3 is 14.8 Å². The molecule has 1 amide bonds. The minimum atomic E-state index is -1.02. The van der Waals surface area contributed by atoms with Crippen molar-refractivity contribution in [2.24, 2.45) is 5.92 Å². The zero-order chi connectivity index (χ0) is 15.6. The van der Waals surface area contributed by atoms with E-state index in [4.69, 9.17) is 9.52 Å². The number of rotatable bonds is 4. The first-order valence-corrected chi connectivity index (χ1v) is 6.46. The topological polar surface area (TPSA) is 96.6 Å². The molecule has 2 rings (SSSR count). The van der Waals surface area contributed by atoms with Crippen molar-refractivity contribution >= 4 is 22.8 Å². The van der Waals surface area contributed by atoms with E-state index in [0.717, 1.165) is 0 Å². The number of nitrogens with one attached hydrogen (secondary N) is 1. The number of aliphatic carboxylic acids is 1. The zero-order valence-electron chi connectivity index (χ0n) is 11.6. The van der Waals surface area contributed by atoms with Gasteiger partial charge in [-0.3, -0.25) is 9.59 Å². The average molecular weight is 289 g/mol. The Kier molecular flexibility index (Phi) is 4.07. The van der Waals surface area contributed by atoms with Gasteiger partial charge in [0.2, 0.25) is 0 Å². The van der Waals surface area contributed by atoms with Crippen LogP contribution in [0.15, 0.2) is 39.5 Å². The quantitative estimate of drug-likeness (QED) is 0.834. The molecule has 110 valence electrons. The fraction of sp³-hybridized carbons (Fsp3) is 0.267. The van der Waals surface area contributed by atoms with Gasteiger partial charge >= 0.3 is 11.6 Å². The highest BCUT2D eigenvalue weighted by Gasteiger charge is 2.23. The molecule has 2 atom stereocenters. The molecule has 2 aromatic rings. The molecule has 2 unspecified atom stereocenters. The van der Waals surface area contributed by atoms with E-state index in [1.807, 2.05) is 0 Å². The average Bonchev–Trinajstić information content (AvgIpc) is 2.45. The van der Waals surface area contributed by atoms with Gasteiger partial charge in [0.1, 0.15) is 11.1 Å². The Bertz CT molecular complexity index is 749. The van der Waals surface area contributed by atoms with Crippen molar-refractivity contribution in [1.29, 1.82) is 0 Å². The van der Waals surface area contributed by atoms with Gasteiger partial charge in [0, 0.05) is 11.4 Å². The van der Waals surface area contributed by atoms with Crippen LogP contribution in [0.1, 0.15) is 24.2 Å². The second-order valence-electron chi connectivity index (χ2n) is 4.87. The van der Waals surface area contributed by atoms with Crippen LogP contribution in [-0.2, 0) is 4.79 Å². The van der Waals surface area contributed by atoms with E-state index >= 15 is 0 Å². The SMILES string of the molecule is CC(NC(=O)c1cc2ccccc2oc1=O)C(C)C(=O)O. The predicted molar refractivity (Wildman–Crippen MR) is 76.2 cm³/mol. The van der Waals surface area contributed by atoms with Crippen LogP contribution in [0.4, 0.5) is 0 Å². The number of carboxylic acids is 1. The molecule has 0 radical (unpaired) electrons. The monoisotopic (exact) mass is 289 g/mol. The van der Waals surface area contributed by atoms with Gasteiger partial charge in [-0.1, -0.05) is 18.2 Å². The Morgan fingerprint density at radius 3 is 2.57 bits per heavy atom. The maximum Gasteiger partial charge on any atom is 0.349 e. The van der Waals surface area contributed by atoms with Crippen molar-refractivity contribution in [1.82, 2.24) is 5.32 Å². The number of benzene rings is 1. The van der Waals surface area contributed by atoms with Crippen LogP contribution in [0, 0.1) is 5.92 Å². The molecule has 6 nitrogen and oxygen atoms in total. The zero-order valence-corrected chi connectivity index (χ0v) is 11.6. The number of fused-ring (bicyclic) bond motifs is 1. The van der Waals surface area contributed by atoms with Gasteiger partial charge in [0.25, 0.3) is 5.91 Å². The van der Waals surface area contributed by atoms with E-state index in [1.54, 1.807) is 31.2 Å². The molecule has 0 aliphatic heterocycles. The standard InChI is InChI=1S/C15H15NO5/c1-8(14(18)19)9(2)16-13(17)11-7-10-5-3-4-6-12(10)21-15(11)20/h3-9H,1-2H3,(H,16,17)(H,18,19). The summed E-state index contributed by atoms with van der Waals surface area (Å²) in [6, 6.07) is 7.67. The molecule has 0 saturated carbocycles. The Balaban J connectivity index is 2.29. The normalized spacial score (nSPS) is 13.6. The summed E-state index contributed by atoms with van der Waals surface area (Å²) < 4.78 is 5.07. The summed E-state index contributed by atoms with van der Waals surface area (Å²) >= 11 is 0. The minimum Gasteiger partial charge on any atom is -0.481 e. The highest BCUT2D eigenvalue weighted by atomic mass is 16.4. The summed E-state index contributed by atoms with van der Waals surface area (Å²) in [7, 11) is 0. The van der Waals surface area contributed by atoms with E-state index in [1.165, 1.54) is 13.0 Å². The first-order chi connectivity index (χ1) is 9.90. The summed E-state index contributed by atoms with van der Waals surface area (Å²) in [4.78, 5) is 34.8. The number of carbonyl (C=O) groups excluding carboxylic acids is 1. The molecule has 1 aromatic carbocycles. The van der Waals surface area contributed by atoms with E-state index in [-0.39, 0.29) is 5.56 Å². The van der Waals surface area contributed by atoms with Crippen LogP contribution in [0.25, 0.3) is 11.0 Å². The van der Waals surface area contributed by atoms with Crippen LogP contribution in [0.3, 0.4) is 0 Å². The Morgan fingerprint density at radius 2 is 1.90 bits per heavy atom. The Labute approximate surface area is 120 Å². The van der Waals surface area contributed by atoms with Gasteiger partial charge in [-0.05, 0) is 26.0 Å². The first kappa shape index (κ1) is 14.8. The Hall–Kier alpha value is -2.63.